The number of carbonyl (C=O) groups excluding carboxylic acids is 1. The van der Waals surface area contributed by atoms with E-state index in [0.717, 1.165) is 37.1 Å². The molecule has 0 atom stereocenters. The minimum absolute atomic E-state index is 0.0164. The van der Waals surface area contributed by atoms with Crippen molar-refractivity contribution in [1.29, 1.82) is 0 Å². The van der Waals surface area contributed by atoms with E-state index in [9.17, 15) is 4.79 Å². The zero-order chi connectivity index (χ0) is 17.7. The molecule has 1 amide bonds. The first-order valence-corrected chi connectivity index (χ1v) is 9.03. The second-order valence-electron chi connectivity index (χ2n) is 8.13. The van der Waals surface area contributed by atoms with Gasteiger partial charge in [0.2, 0.25) is 0 Å². The van der Waals surface area contributed by atoms with Crippen molar-refractivity contribution in [3.63, 3.8) is 0 Å². The number of nitrogens with one attached hydrogen (secondary N) is 1. The van der Waals surface area contributed by atoms with Crippen LogP contribution < -0.4 is 0 Å². The third-order valence-electron chi connectivity index (χ3n) is 5.50. The number of likely N-dealkylation sites (tertiary alicyclic amines) is 1. The molecule has 2 aliphatic rings. The van der Waals surface area contributed by atoms with E-state index in [4.69, 9.17) is 4.74 Å². The van der Waals surface area contributed by atoms with Gasteiger partial charge in [-0.05, 0) is 51.7 Å². The van der Waals surface area contributed by atoms with Crippen molar-refractivity contribution in [2.24, 2.45) is 0 Å². The average molecular weight is 342 g/mol. The minimum atomic E-state index is -0.293. The number of ether oxygens (including phenoxy) is 1. The number of aromatic nitrogens is 3. The van der Waals surface area contributed by atoms with E-state index in [-0.39, 0.29) is 17.0 Å². The van der Waals surface area contributed by atoms with Gasteiger partial charge in [0.25, 0.3) is 5.91 Å². The fourth-order valence-corrected chi connectivity index (χ4v) is 3.91. The molecule has 1 fully saturated rings. The molecule has 1 saturated heterocycles. The van der Waals surface area contributed by atoms with Gasteiger partial charge in [-0.3, -0.25) is 9.89 Å². The number of H-pyrrole nitrogens is 1. The first-order valence-electron chi connectivity index (χ1n) is 9.03. The predicted molar refractivity (Wildman–Crippen MR) is 94.5 cm³/mol. The summed E-state index contributed by atoms with van der Waals surface area (Å²) in [4.78, 5) is 14.8. The first kappa shape index (κ1) is 16.4. The maximum atomic E-state index is 12.9. The molecule has 4 heterocycles. The Kier molecular flexibility index (Phi) is 3.76. The monoisotopic (exact) mass is 342 g/mol. The molecule has 0 bridgehead atoms. The molecule has 134 valence electrons. The fourth-order valence-electron chi connectivity index (χ4n) is 3.91. The molecule has 4 rings (SSSR count). The molecule has 1 spiro atoms. The average Bonchev–Trinajstić information content (AvgIpc) is 3.25. The minimum Gasteiger partial charge on any atom is -0.368 e. The summed E-state index contributed by atoms with van der Waals surface area (Å²) in [6.07, 6.45) is 8.39. The topological polar surface area (TPSA) is 63.1 Å². The van der Waals surface area contributed by atoms with Crippen molar-refractivity contribution in [3.05, 3.63) is 41.5 Å². The van der Waals surface area contributed by atoms with E-state index in [2.05, 4.69) is 35.5 Å². The Morgan fingerprint density at radius 1 is 1.32 bits per heavy atom. The van der Waals surface area contributed by atoms with Crippen LogP contribution in [0.15, 0.2) is 24.7 Å². The van der Waals surface area contributed by atoms with Crippen molar-refractivity contribution in [1.82, 2.24) is 19.7 Å². The van der Waals surface area contributed by atoms with Gasteiger partial charge in [-0.15, -0.1) is 0 Å². The third kappa shape index (κ3) is 2.78. The number of hydrogen-bond donors (Lipinski definition) is 1. The van der Waals surface area contributed by atoms with Gasteiger partial charge in [0, 0.05) is 31.0 Å². The third-order valence-corrected chi connectivity index (χ3v) is 5.50. The van der Waals surface area contributed by atoms with Crippen LogP contribution >= 0.6 is 0 Å². The number of piperidine rings is 1. The van der Waals surface area contributed by atoms with Gasteiger partial charge in [0.05, 0.1) is 24.1 Å². The van der Waals surface area contributed by atoms with Gasteiger partial charge in [-0.1, -0.05) is 0 Å². The highest BCUT2D eigenvalue weighted by Gasteiger charge is 2.43. The van der Waals surface area contributed by atoms with Crippen molar-refractivity contribution >= 4 is 5.91 Å². The van der Waals surface area contributed by atoms with Crippen molar-refractivity contribution < 1.29 is 9.53 Å². The highest BCUT2D eigenvalue weighted by Crippen LogP contribution is 2.40. The quantitative estimate of drug-likeness (QED) is 0.867. The van der Waals surface area contributed by atoms with Crippen LogP contribution in [0.3, 0.4) is 0 Å². The first-order chi connectivity index (χ1) is 11.9. The molecule has 0 radical (unpaired) electrons. The second kappa shape index (κ2) is 5.73. The van der Waals surface area contributed by atoms with Gasteiger partial charge in [-0.25, -0.2) is 0 Å². The Hall–Kier alpha value is -2.08. The van der Waals surface area contributed by atoms with E-state index >= 15 is 0 Å². The standard InChI is InChI=1S/C19H26N4O2/c1-18(2,3)23-8-4-15(13-23)17(24)22-9-6-19(7-10-22)16-14(5-11-25-19)12-20-21-16/h4,8,12-13H,5-7,9-11H2,1-3H3,(H,20,21). The van der Waals surface area contributed by atoms with Crippen LogP contribution in [0.25, 0.3) is 0 Å². The number of rotatable bonds is 1. The van der Waals surface area contributed by atoms with Crippen molar-refractivity contribution in [2.45, 2.75) is 51.2 Å². The summed E-state index contributed by atoms with van der Waals surface area (Å²) in [6.45, 7) is 8.54. The molecule has 0 saturated carbocycles. The number of carbonyl (C=O) groups is 1. The molecule has 6 heteroatoms. The van der Waals surface area contributed by atoms with E-state index in [1.54, 1.807) is 0 Å². The molecule has 0 aliphatic carbocycles. The molecule has 2 aromatic rings. The second-order valence-corrected chi connectivity index (χ2v) is 8.13. The van der Waals surface area contributed by atoms with Gasteiger partial charge >= 0.3 is 0 Å². The summed E-state index contributed by atoms with van der Waals surface area (Å²) in [5.74, 6) is 0.110. The van der Waals surface area contributed by atoms with Gasteiger partial charge in [0.1, 0.15) is 5.60 Å². The lowest BCUT2D eigenvalue weighted by molar-refractivity contribution is -0.0962. The van der Waals surface area contributed by atoms with Crippen LogP contribution in [0.5, 0.6) is 0 Å². The summed E-state index contributed by atoms with van der Waals surface area (Å²) in [7, 11) is 0. The van der Waals surface area contributed by atoms with Crippen LogP contribution in [-0.4, -0.2) is 45.3 Å². The van der Waals surface area contributed by atoms with E-state index in [1.165, 1.54) is 5.56 Å². The summed E-state index contributed by atoms with van der Waals surface area (Å²) < 4.78 is 8.25. The molecular formula is C19H26N4O2. The maximum absolute atomic E-state index is 12.9. The molecule has 6 nitrogen and oxygen atoms in total. The lowest BCUT2D eigenvalue weighted by Gasteiger charge is -2.43. The Morgan fingerprint density at radius 2 is 2.08 bits per heavy atom. The fraction of sp³-hybridized carbons (Fsp3) is 0.579. The number of amides is 1. The highest BCUT2D eigenvalue weighted by atomic mass is 16.5. The predicted octanol–water partition coefficient (Wildman–Crippen LogP) is 2.67. The van der Waals surface area contributed by atoms with Crippen molar-refractivity contribution in [3.8, 4) is 0 Å². The number of hydrogen-bond acceptors (Lipinski definition) is 3. The maximum Gasteiger partial charge on any atom is 0.255 e. The highest BCUT2D eigenvalue weighted by molar-refractivity contribution is 5.94. The summed E-state index contributed by atoms with van der Waals surface area (Å²) >= 11 is 0. The lowest BCUT2D eigenvalue weighted by atomic mass is 9.83. The van der Waals surface area contributed by atoms with E-state index in [1.807, 2.05) is 29.6 Å². The molecule has 0 aromatic carbocycles. The van der Waals surface area contributed by atoms with E-state index in [0.29, 0.717) is 13.1 Å². The Morgan fingerprint density at radius 3 is 2.76 bits per heavy atom. The van der Waals surface area contributed by atoms with Crippen LogP contribution in [0.2, 0.25) is 0 Å². The van der Waals surface area contributed by atoms with E-state index < -0.39 is 0 Å². The molecule has 2 aromatic heterocycles. The normalized spacial score (nSPS) is 19.9. The molecule has 0 unspecified atom stereocenters. The Bertz CT molecular complexity index is 775. The largest absolute Gasteiger partial charge is 0.368 e. The Labute approximate surface area is 148 Å². The smallest absolute Gasteiger partial charge is 0.255 e. The lowest BCUT2D eigenvalue weighted by Crippen LogP contribution is -2.48. The SMILES string of the molecule is CC(C)(C)n1ccc(C(=O)N2CCC3(CC2)OCCc2cn[nH]c23)c1. The van der Waals surface area contributed by atoms with Gasteiger partial charge in [0.15, 0.2) is 0 Å². The van der Waals surface area contributed by atoms with Crippen LogP contribution in [0.1, 0.15) is 55.2 Å². The zero-order valence-corrected chi connectivity index (χ0v) is 15.2. The molecule has 25 heavy (non-hydrogen) atoms. The summed E-state index contributed by atoms with van der Waals surface area (Å²) in [6, 6.07) is 1.92. The summed E-state index contributed by atoms with van der Waals surface area (Å²) in [5.41, 5.74) is 2.83. The number of fused-ring (bicyclic) bond motifs is 2. The van der Waals surface area contributed by atoms with Crippen LogP contribution in [0, 0.1) is 0 Å². The number of nitrogens with zero attached hydrogens (tertiary/aromatic N) is 3. The zero-order valence-electron chi connectivity index (χ0n) is 15.2. The van der Waals surface area contributed by atoms with Gasteiger partial charge in [-0.2, -0.15) is 5.10 Å². The summed E-state index contributed by atoms with van der Waals surface area (Å²) in [5, 5.41) is 7.32. The van der Waals surface area contributed by atoms with Gasteiger partial charge < -0.3 is 14.2 Å². The molecule has 2 aliphatic heterocycles. The molecular weight excluding hydrogens is 316 g/mol. The Balaban J connectivity index is 1.48. The molecule has 1 N–H and O–H groups in total. The van der Waals surface area contributed by atoms with Crippen LogP contribution in [-0.2, 0) is 22.3 Å². The van der Waals surface area contributed by atoms with Crippen LogP contribution in [0.4, 0.5) is 0 Å². The number of aromatic amines is 1. The van der Waals surface area contributed by atoms with Crippen molar-refractivity contribution in [2.75, 3.05) is 19.7 Å².